The zero-order valence-corrected chi connectivity index (χ0v) is 13.5. The highest BCUT2D eigenvalue weighted by atomic mass is 32.2. The number of benzene rings is 1. The zero-order valence-electron chi connectivity index (χ0n) is 12.7. The van der Waals surface area contributed by atoms with Crippen molar-refractivity contribution in [1.29, 1.82) is 0 Å². The van der Waals surface area contributed by atoms with E-state index in [1.807, 2.05) is 13.8 Å². The average Bonchev–Trinajstić information content (AvgIpc) is 2.81. The number of aliphatic imine (C=N–C) groups is 1. The summed E-state index contributed by atoms with van der Waals surface area (Å²) in [7, 11) is 0. The van der Waals surface area contributed by atoms with Crippen molar-refractivity contribution in [2.24, 2.45) is 4.99 Å². The Kier molecular flexibility index (Phi) is 3.87. The molecule has 0 spiro atoms. The Hall–Kier alpha value is -1.96. The van der Waals surface area contributed by atoms with Gasteiger partial charge in [-0.1, -0.05) is 17.8 Å². The summed E-state index contributed by atoms with van der Waals surface area (Å²) in [6, 6.07) is 1.98. The van der Waals surface area contributed by atoms with Crippen LogP contribution in [0, 0.1) is 17.5 Å². The third-order valence-corrected chi connectivity index (χ3v) is 4.77. The van der Waals surface area contributed by atoms with Gasteiger partial charge in [0.1, 0.15) is 0 Å². The molecule has 0 aliphatic carbocycles. The Morgan fingerprint density at radius 2 is 1.96 bits per heavy atom. The summed E-state index contributed by atoms with van der Waals surface area (Å²) in [6.07, 6.45) is 0. The number of nitrogens with one attached hydrogen (secondary N) is 1. The quantitative estimate of drug-likeness (QED) is 0.838. The lowest BCUT2D eigenvalue weighted by Crippen LogP contribution is -2.15. The summed E-state index contributed by atoms with van der Waals surface area (Å²) < 4.78 is 42.5. The van der Waals surface area contributed by atoms with Crippen LogP contribution in [0.5, 0.6) is 0 Å². The lowest BCUT2D eigenvalue weighted by molar-refractivity contribution is 0.442. The summed E-state index contributed by atoms with van der Waals surface area (Å²) in [6.45, 7) is 5.46. The third-order valence-electron chi connectivity index (χ3n) is 3.61. The van der Waals surface area contributed by atoms with Crippen molar-refractivity contribution < 1.29 is 13.2 Å². The number of halogens is 3. The highest BCUT2D eigenvalue weighted by Crippen LogP contribution is 2.45. The van der Waals surface area contributed by atoms with Gasteiger partial charge >= 0.3 is 0 Å². The van der Waals surface area contributed by atoms with Crippen molar-refractivity contribution in [2.45, 2.75) is 32.1 Å². The van der Waals surface area contributed by atoms with E-state index < -0.39 is 28.3 Å². The summed E-state index contributed by atoms with van der Waals surface area (Å²) >= 11 is 1.14. The lowest BCUT2D eigenvalue weighted by Gasteiger charge is -2.22. The normalized spacial score (nSPS) is 17.3. The summed E-state index contributed by atoms with van der Waals surface area (Å²) in [5.41, 5.74) is -0.234. The van der Waals surface area contributed by atoms with Gasteiger partial charge in [0, 0.05) is 11.6 Å². The van der Waals surface area contributed by atoms with Gasteiger partial charge in [-0.3, -0.25) is 14.6 Å². The van der Waals surface area contributed by atoms with Gasteiger partial charge in [-0.25, -0.2) is 18.2 Å². The lowest BCUT2D eigenvalue weighted by atomic mass is 10.0. The van der Waals surface area contributed by atoms with Crippen LogP contribution in [0.25, 0.3) is 0 Å². The maximum atomic E-state index is 14.2. The Labute approximate surface area is 134 Å². The van der Waals surface area contributed by atoms with E-state index in [1.165, 1.54) is 6.07 Å². The fourth-order valence-electron chi connectivity index (χ4n) is 2.55. The number of hydrogen-bond acceptors (Lipinski definition) is 3. The second-order valence-electron chi connectivity index (χ2n) is 5.54. The Balaban J connectivity index is 2.24. The Bertz CT molecular complexity index is 870. The molecule has 1 aliphatic rings. The first-order valence-corrected chi connectivity index (χ1v) is 7.89. The van der Waals surface area contributed by atoms with Gasteiger partial charge in [-0.15, -0.1) is 0 Å². The zero-order chi connectivity index (χ0) is 16.9. The molecule has 122 valence electrons. The fraction of sp³-hybridized carbons (Fsp3) is 0.333. The number of H-pyrrole nitrogens is 1. The Morgan fingerprint density at radius 1 is 1.26 bits per heavy atom. The van der Waals surface area contributed by atoms with E-state index in [2.05, 4.69) is 10.1 Å². The molecule has 0 fully saturated rings. The summed E-state index contributed by atoms with van der Waals surface area (Å²) in [5, 5.41) is 2.51. The molecular formula is C15H14F3N3OS. The molecule has 1 N–H and O–H groups in total. The number of aromatic amines is 1. The van der Waals surface area contributed by atoms with Crippen LogP contribution in [0.4, 0.5) is 19.0 Å². The number of aromatic nitrogens is 2. The molecule has 23 heavy (non-hydrogen) atoms. The number of fused-ring (bicyclic) bond motifs is 1. The molecule has 1 unspecified atom stereocenters. The van der Waals surface area contributed by atoms with Crippen LogP contribution in [-0.4, -0.2) is 14.8 Å². The van der Waals surface area contributed by atoms with Gasteiger partial charge in [0.2, 0.25) is 0 Å². The first-order valence-electron chi connectivity index (χ1n) is 7.01. The minimum absolute atomic E-state index is 0.0541. The maximum absolute atomic E-state index is 14.2. The van der Waals surface area contributed by atoms with E-state index in [0.717, 1.165) is 17.8 Å². The topological polar surface area (TPSA) is 50.1 Å². The molecule has 1 aromatic carbocycles. The smallest absolute Gasteiger partial charge is 0.268 e. The van der Waals surface area contributed by atoms with Crippen LogP contribution in [0.2, 0.25) is 0 Å². The maximum Gasteiger partial charge on any atom is 0.271 e. The SMILES string of the molecule is CC1=Nc2c(c(=O)[nH]n2C(C)C)C(c2ccc(F)c(F)c2F)S1. The highest BCUT2D eigenvalue weighted by molar-refractivity contribution is 8.14. The Morgan fingerprint density at radius 3 is 2.61 bits per heavy atom. The molecule has 0 radical (unpaired) electrons. The minimum atomic E-state index is -1.54. The van der Waals surface area contributed by atoms with Crippen molar-refractivity contribution in [2.75, 3.05) is 0 Å². The fourth-order valence-corrected chi connectivity index (χ4v) is 3.66. The molecule has 2 heterocycles. The van der Waals surface area contributed by atoms with Crippen LogP contribution in [0.1, 0.15) is 43.2 Å². The predicted octanol–water partition coefficient (Wildman–Crippen LogP) is 4.06. The van der Waals surface area contributed by atoms with Crippen LogP contribution in [0.15, 0.2) is 21.9 Å². The monoisotopic (exact) mass is 341 g/mol. The molecule has 8 heteroatoms. The van der Waals surface area contributed by atoms with E-state index in [9.17, 15) is 18.0 Å². The molecule has 0 bridgehead atoms. The molecular weight excluding hydrogens is 327 g/mol. The van der Waals surface area contributed by atoms with E-state index in [4.69, 9.17) is 0 Å². The number of thioether (sulfide) groups is 1. The number of nitrogens with zero attached hydrogens (tertiary/aromatic N) is 2. The largest absolute Gasteiger partial charge is 0.271 e. The third kappa shape index (κ3) is 2.50. The van der Waals surface area contributed by atoms with E-state index >= 15 is 0 Å². The molecule has 1 atom stereocenters. The second kappa shape index (κ2) is 5.59. The number of rotatable bonds is 2. The molecule has 0 amide bonds. The van der Waals surface area contributed by atoms with Crippen LogP contribution in [0.3, 0.4) is 0 Å². The molecule has 0 saturated carbocycles. The minimum Gasteiger partial charge on any atom is -0.268 e. The van der Waals surface area contributed by atoms with Crippen molar-refractivity contribution in [1.82, 2.24) is 9.78 Å². The molecule has 1 aliphatic heterocycles. The van der Waals surface area contributed by atoms with Crippen LogP contribution in [-0.2, 0) is 0 Å². The predicted molar refractivity (Wildman–Crippen MR) is 84.0 cm³/mol. The van der Waals surface area contributed by atoms with Gasteiger partial charge in [0.05, 0.1) is 15.9 Å². The number of hydrogen-bond donors (Lipinski definition) is 1. The van der Waals surface area contributed by atoms with Crippen LogP contribution >= 0.6 is 11.8 Å². The molecule has 4 nitrogen and oxygen atoms in total. The summed E-state index contributed by atoms with van der Waals surface area (Å²) in [5.74, 6) is -3.67. The van der Waals surface area contributed by atoms with Gasteiger partial charge in [-0.2, -0.15) is 0 Å². The molecule has 3 rings (SSSR count). The van der Waals surface area contributed by atoms with Crippen molar-refractivity contribution >= 4 is 22.6 Å². The first-order chi connectivity index (χ1) is 10.8. The van der Waals surface area contributed by atoms with Crippen molar-refractivity contribution in [3.8, 4) is 0 Å². The van der Waals surface area contributed by atoms with Gasteiger partial charge < -0.3 is 0 Å². The summed E-state index contributed by atoms with van der Waals surface area (Å²) in [4.78, 5) is 16.6. The van der Waals surface area contributed by atoms with Gasteiger partial charge in [-0.05, 0) is 26.8 Å². The molecule has 1 aromatic heterocycles. The van der Waals surface area contributed by atoms with Gasteiger partial charge in [0.15, 0.2) is 23.3 Å². The average molecular weight is 341 g/mol. The van der Waals surface area contributed by atoms with E-state index in [0.29, 0.717) is 10.9 Å². The molecule has 0 saturated heterocycles. The first kappa shape index (κ1) is 15.9. The van der Waals surface area contributed by atoms with Crippen molar-refractivity contribution in [3.63, 3.8) is 0 Å². The van der Waals surface area contributed by atoms with Gasteiger partial charge in [0.25, 0.3) is 5.56 Å². The second-order valence-corrected chi connectivity index (χ2v) is 6.83. The highest BCUT2D eigenvalue weighted by Gasteiger charge is 2.33. The molecule has 2 aromatic rings. The van der Waals surface area contributed by atoms with E-state index in [-0.39, 0.29) is 17.2 Å². The van der Waals surface area contributed by atoms with E-state index in [1.54, 1.807) is 11.6 Å². The van der Waals surface area contributed by atoms with Crippen molar-refractivity contribution in [3.05, 3.63) is 51.1 Å². The van der Waals surface area contributed by atoms with Crippen LogP contribution < -0.4 is 5.56 Å². The standard InChI is InChI=1S/C15H14F3N3OS/c1-6(2)21-14-10(15(22)20-21)13(23-7(3)19-14)8-4-5-9(16)12(18)11(8)17/h4-6,13H,1-3H3,(H,20,22).